The molecule has 1 fully saturated rings. The van der Waals surface area contributed by atoms with Crippen LogP contribution in [0.2, 0.25) is 0 Å². The van der Waals surface area contributed by atoms with E-state index in [0.717, 1.165) is 49.4 Å². The van der Waals surface area contributed by atoms with Crippen LogP contribution in [0.4, 0.5) is 5.82 Å². The van der Waals surface area contributed by atoms with Crippen LogP contribution in [0.5, 0.6) is 0 Å². The minimum Gasteiger partial charge on any atom is -0.353 e. The van der Waals surface area contributed by atoms with E-state index in [1.807, 2.05) is 12.1 Å². The quantitative estimate of drug-likeness (QED) is 0.735. The van der Waals surface area contributed by atoms with E-state index >= 15 is 0 Å². The van der Waals surface area contributed by atoms with Crippen molar-refractivity contribution in [2.24, 2.45) is 0 Å². The molecule has 0 amide bonds. The first kappa shape index (κ1) is 15.7. The van der Waals surface area contributed by atoms with E-state index in [4.69, 9.17) is 0 Å². The zero-order valence-corrected chi connectivity index (χ0v) is 14.1. The highest BCUT2D eigenvalue weighted by molar-refractivity contribution is 5.88. The third-order valence-electron chi connectivity index (χ3n) is 4.56. The normalized spacial score (nSPS) is 15.9. The molecular formula is C20H21N5. The molecule has 3 aromatic rings. The van der Waals surface area contributed by atoms with Crippen LogP contribution in [0.15, 0.2) is 61.2 Å². The monoisotopic (exact) mass is 331 g/mol. The molecule has 1 aliphatic heterocycles. The van der Waals surface area contributed by atoms with Crippen LogP contribution in [-0.4, -0.2) is 52.6 Å². The predicted molar refractivity (Wildman–Crippen MR) is 101 cm³/mol. The van der Waals surface area contributed by atoms with Crippen LogP contribution >= 0.6 is 0 Å². The molecule has 5 heteroatoms. The standard InChI is InChI=1S/C20H21N5/c1-2-5-17(6-3-1)7-4-10-24-11-13-25(14-12-24)20-18-8-9-21-15-19(18)22-16-23-20/h1-9,15-16H,10-14H2/b7-4+. The van der Waals surface area contributed by atoms with Crippen molar-refractivity contribution < 1.29 is 0 Å². The average Bonchev–Trinajstić information content (AvgIpc) is 2.69. The first-order valence-corrected chi connectivity index (χ1v) is 8.64. The maximum Gasteiger partial charge on any atom is 0.140 e. The molecule has 5 nitrogen and oxygen atoms in total. The Morgan fingerprint density at radius 3 is 2.64 bits per heavy atom. The molecule has 1 aliphatic rings. The van der Waals surface area contributed by atoms with E-state index in [0.29, 0.717) is 0 Å². The van der Waals surface area contributed by atoms with Crippen LogP contribution in [0, 0.1) is 0 Å². The second-order valence-corrected chi connectivity index (χ2v) is 6.19. The lowest BCUT2D eigenvalue weighted by Gasteiger charge is -2.35. The fourth-order valence-electron chi connectivity index (χ4n) is 3.19. The van der Waals surface area contributed by atoms with E-state index in [2.05, 4.69) is 61.2 Å². The van der Waals surface area contributed by atoms with Crippen molar-refractivity contribution >= 4 is 22.8 Å². The lowest BCUT2D eigenvalue weighted by Crippen LogP contribution is -2.46. The Bertz CT molecular complexity index is 849. The van der Waals surface area contributed by atoms with Gasteiger partial charge in [-0.2, -0.15) is 0 Å². The molecule has 4 rings (SSSR count). The second kappa shape index (κ2) is 7.40. The van der Waals surface area contributed by atoms with Crippen molar-refractivity contribution in [1.82, 2.24) is 19.9 Å². The number of rotatable bonds is 4. The molecule has 0 N–H and O–H groups in total. The Balaban J connectivity index is 1.37. The molecule has 3 heterocycles. The molecular weight excluding hydrogens is 310 g/mol. The summed E-state index contributed by atoms with van der Waals surface area (Å²) >= 11 is 0. The number of piperazine rings is 1. The summed E-state index contributed by atoms with van der Waals surface area (Å²) in [5.74, 6) is 1.02. The molecule has 1 aromatic carbocycles. The molecule has 0 unspecified atom stereocenters. The third-order valence-corrected chi connectivity index (χ3v) is 4.56. The van der Waals surface area contributed by atoms with E-state index in [1.54, 1.807) is 18.7 Å². The molecule has 0 radical (unpaired) electrons. The number of benzene rings is 1. The van der Waals surface area contributed by atoms with Crippen LogP contribution in [0.25, 0.3) is 17.0 Å². The smallest absolute Gasteiger partial charge is 0.140 e. The predicted octanol–water partition coefficient (Wildman–Crippen LogP) is 2.86. The summed E-state index contributed by atoms with van der Waals surface area (Å²) in [6, 6.07) is 12.4. The van der Waals surface area contributed by atoms with Gasteiger partial charge in [0.15, 0.2) is 0 Å². The van der Waals surface area contributed by atoms with Crippen LogP contribution in [-0.2, 0) is 0 Å². The molecule has 0 saturated carbocycles. The Morgan fingerprint density at radius 2 is 1.80 bits per heavy atom. The van der Waals surface area contributed by atoms with Crippen molar-refractivity contribution in [2.45, 2.75) is 0 Å². The average molecular weight is 331 g/mol. The zero-order chi connectivity index (χ0) is 16.9. The molecule has 0 aliphatic carbocycles. The topological polar surface area (TPSA) is 45.2 Å². The highest BCUT2D eigenvalue weighted by Crippen LogP contribution is 2.22. The number of hydrogen-bond donors (Lipinski definition) is 0. The van der Waals surface area contributed by atoms with Gasteiger partial charge in [-0.15, -0.1) is 0 Å². The highest BCUT2D eigenvalue weighted by atomic mass is 15.3. The van der Waals surface area contributed by atoms with Gasteiger partial charge in [0.05, 0.1) is 11.7 Å². The largest absolute Gasteiger partial charge is 0.353 e. The molecule has 2 aromatic heterocycles. The summed E-state index contributed by atoms with van der Waals surface area (Å²) in [6.45, 7) is 5.02. The van der Waals surface area contributed by atoms with Gasteiger partial charge in [0.1, 0.15) is 12.1 Å². The third kappa shape index (κ3) is 3.67. The number of nitrogens with zero attached hydrogens (tertiary/aromatic N) is 5. The molecule has 0 atom stereocenters. The van der Waals surface area contributed by atoms with Crippen LogP contribution in [0.3, 0.4) is 0 Å². The first-order chi connectivity index (χ1) is 12.4. The summed E-state index contributed by atoms with van der Waals surface area (Å²) in [5, 5.41) is 1.08. The van der Waals surface area contributed by atoms with Crippen molar-refractivity contribution in [1.29, 1.82) is 0 Å². The van der Waals surface area contributed by atoms with Gasteiger partial charge in [-0.25, -0.2) is 9.97 Å². The summed E-state index contributed by atoms with van der Waals surface area (Å²) < 4.78 is 0. The lowest BCUT2D eigenvalue weighted by molar-refractivity contribution is 0.284. The van der Waals surface area contributed by atoms with Crippen molar-refractivity contribution in [3.8, 4) is 0 Å². The first-order valence-electron chi connectivity index (χ1n) is 8.64. The Kier molecular flexibility index (Phi) is 4.65. The van der Waals surface area contributed by atoms with Gasteiger partial charge in [0.2, 0.25) is 0 Å². The summed E-state index contributed by atoms with van der Waals surface area (Å²) in [4.78, 5) is 17.8. The van der Waals surface area contributed by atoms with Gasteiger partial charge in [-0.3, -0.25) is 9.88 Å². The highest BCUT2D eigenvalue weighted by Gasteiger charge is 2.19. The second-order valence-electron chi connectivity index (χ2n) is 6.19. The van der Waals surface area contributed by atoms with Crippen molar-refractivity contribution in [3.63, 3.8) is 0 Å². The van der Waals surface area contributed by atoms with Gasteiger partial charge in [-0.1, -0.05) is 42.5 Å². The molecule has 126 valence electrons. The van der Waals surface area contributed by atoms with E-state index in [-0.39, 0.29) is 0 Å². The Morgan fingerprint density at radius 1 is 0.960 bits per heavy atom. The number of fused-ring (bicyclic) bond motifs is 1. The summed E-state index contributed by atoms with van der Waals surface area (Å²) in [7, 11) is 0. The van der Waals surface area contributed by atoms with E-state index < -0.39 is 0 Å². The minimum absolute atomic E-state index is 0.903. The van der Waals surface area contributed by atoms with Gasteiger partial charge < -0.3 is 4.90 Å². The lowest BCUT2D eigenvalue weighted by atomic mass is 10.2. The maximum absolute atomic E-state index is 4.51. The summed E-state index contributed by atoms with van der Waals surface area (Å²) in [5.41, 5.74) is 2.16. The fraction of sp³-hybridized carbons (Fsp3) is 0.250. The maximum atomic E-state index is 4.51. The molecule has 0 spiro atoms. The minimum atomic E-state index is 0.903. The fourth-order valence-corrected chi connectivity index (χ4v) is 3.19. The Hall–Kier alpha value is -2.79. The van der Waals surface area contributed by atoms with Gasteiger partial charge >= 0.3 is 0 Å². The van der Waals surface area contributed by atoms with E-state index in [1.165, 1.54) is 5.56 Å². The van der Waals surface area contributed by atoms with Crippen molar-refractivity contribution in [2.75, 3.05) is 37.6 Å². The Labute approximate surface area is 147 Å². The number of aromatic nitrogens is 3. The number of hydrogen-bond acceptors (Lipinski definition) is 5. The van der Waals surface area contributed by atoms with Crippen LogP contribution in [0.1, 0.15) is 5.56 Å². The molecule has 25 heavy (non-hydrogen) atoms. The molecule has 1 saturated heterocycles. The number of pyridine rings is 1. The van der Waals surface area contributed by atoms with Crippen LogP contribution < -0.4 is 4.90 Å². The van der Waals surface area contributed by atoms with Gasteiger partial charge in [0.25, 0.3) is 0 Å². The van der Waals surface area contributed by atoms with E-state index in [9.17, 15) is 0 Å². The SMILES string of the molecule is C(=C\c1ccccc1)/CN1CCN(c2ncnc3cnccc23)CC1. The van der Waals surface area contributed by atoms with Crippen molar-refractivity contribution in [3.05, 3.63) is 66.8 Å². The van der Waals surface area contributed by atoms with Gasteiger partial charge in [-0.05, 0) is 11.6 Å². The summed E-state index contributed by atoms with van der Waals surface area (Å²) in [6.07, 6.45) is 9.67. The number of anilines is 1. The van der Waals surface area contributed by atoms with Gasteiger partial charge in [0, 0.05) is 44.3 Å². The molecule has 0 bridgehead atoms. The zero-order valence-electron chi connectivity index (χ0n) is 14.1.